The summed E-state index contributed by atoms with van der Waals surface area (Å²) in [5.74, 6) is -0.0364. The summed E-state index contributed by atoms with van der Waals surface area (Å²) in [4.78, 5) is 16.5. The van der Waals surface area contributed by atoms with E-state index in [-0.39, 0.29) is 11.6 Å². The number of carboxylic acids is 1. The van der Waals surface area contributed by atoms with Crippen LogP contribution in [0, 0.1) is 6.92 Å². The van der Waals surface area contributed by atoms with E-state index in [4.69, 9.17) is 9.47 Å². The summed E-state index contributed by atoms with van der Waals surface area (Å²) < 4.78 is 12.7. The molecule has 0 bridgehead atoms. The maximum absolute atomic E-state index is 11.9. The molecule has 0 atom stereocenters. The van der Waals surface area contributed by atoms with E-state index in [1.807, 2.05) is 41.8 Å². The van der Waals surface area contributed by atoms with Gasteiger partial charge < -0.3 is 19.1 Å². The van der Waals surface area contributed by atoms with E-state index < -0.39 is 5.97 Å². The normalized spacial score (nSPS) is 11.3. The van der Waals surface area contributed by atoms with Gasteiger partial charge in [-0.1, -0.05) is 19.9 Å². The van der Waals surface area contributed by atoms with Gasteiger partial charge in [0.2, 0.25) is 0 Å². The van der Waals surface area contributed by atoms with Crippen LogP contribution in [0.2, 0.25) is 0 Å². The molecule has 3 rings (SSSR count). The van der Waals surface area contributed by atoms with Crippen molar-refractivity contribution in [1.82, 2.24) is 9.55 Å². The molecule has 148 valence electrons. The number of benzene rings is 1. The number of methoxy groups -OCH3 is 1. The van der Waals surface area contributed by atoms with E-state index >= 15 is 0 Å². The number of ether oxygens (including phenoxy) is 2. The number of pyridine rings is 1. The molecule has 0 saturated carbocycles. The van der Waals surface area contributed by atoms with Crippen LogP contribution in [0.5, 0.6) is 5.75 Å². The van der Waals surface area contributed by atoms with E-state index in [0.717, 1.165) is 33.6 Å². The molecule has 0 aliphatic carbocycles. The van der Waals surface area contributed by atoms with Gasteiger partial charge in [0.1, 0.15) is 18.1 Å². The summed E-state index contributed by atoms with van der Waals surface area (Å²) in [6, 6.07) is 11.4. The second-order valence-corrected chi connectivity index (χ2v) is 7.14. The van der Waals surface area contributed by atoms with Gasteiger partial charge in [0.05, 0.1) is 24.4 Å². The van der Waals surface area contributed by atoms with Crippen molar-refractivity contribution in [1.29, 1.82) is 0 Å². The molecule has 0 aliphatic rings. The maximum Gasteiger partial charge on any atom is 0.352 e. The standard InChI is InChI=1S/C22H26N2O4/c1-14(2)19-12-18(28-9-8-27-4)10-16-11-20(22(25)26)24(21(16)19)13-17-7-5-6-15(3)23-17/h5-7,10-12,14H,8-9,13H2,1-4H3,(H,25,26). The molecule has 28 heavy (non-hydrogen) atoms. The largest absolute Gasteiger partial charge is 0.491 e. The molecule has 0 aliphatic heterocycles. The first-order chi connectivity index (χ1) is 13.4. The summed E-state index contributed by atoms with van der Waals surface area (Å²) in [6.45, 7) is 7.45. The Morgan fingerprint density at radius 2 is 2.00 bits per heavy atom. The Balaban J connectivity index is 2.15. The van der Waals surface area contributed by atoms with Gasteiger partial charge in [0.25, 0.3) is 0 Å². The molecular weight excluding hydrogens is 356 g/mol. The van der Waals surface area contributed by atoms with Crippen LogP contribution in [-0.2, 0) is 11.3 Å². The van der Waals surface area contributed by atoms with Gasteiger partial charge >= 0.3 is 5.97 Å². The molecule has 0 radical (unpaired) electrons. The smallest absolute Gasteiger partial charge is 0.352 e. The topological polar surface area (TPSA) is 73.6 Å². The van der Waals surface area contributed by atoms with Crippen LogP contribution < -0.4 is 4.74 Å². The van der Waals surface area contributed by atoms with Crippen LogP contribution in [0.3, 0.4) is 0 Å². The lowest BCUT2D eigenvalue weighted by Gasteiger charge is -2.16. The summed E-state index contributed by atoms with van der Waals surface area (Å²) in [5, 5.41) is 10.6. The highest BCUT2D eigenvalue weighted by molar-refractivity contribution is 5.96. The van der Waals surface area contributed by atoms with E-state index in [1.165, 1.54) is 0 Å². The van der Waals surface area contributed by atoms with Crippen molar-refractivity contribution in [3.05, 3.63) is 59.0 Å². The Kier molecular flexibility index (Phi) is 5.99. The summed E-state index contributed by atoms with van der Waals surface area (Å²) in [6.07, 6.45) is 0. The second-order valence-electron chi connectivity index (χ2n) is 7.14. The number of hydrogen-bond acceptors (Lipinski definition) is 4. The molecule has 0 amide bonds. The van der Waals surface area contributed by atoms with Crippen molar-refractivity contribution in [3.8, 4) is 5.75 Å². The van der Waals surface area contributed by atoms with Gasteiger partial charge in [-0.3, -0.25) is 4.98 Å². The van der Waals surface area contributed by atoms with Crippen molar-refractivity contribution in [2.75, 3.05) is 20.3 Å². The third-order valence-electron chi connectivity index (χ3n) is 4.66. The summed E-state index contributed by atoms with van der Waals surface area (Å²) >= 11 is 0. The first-order valence-electron chi connectivity index (χ1n) is 9.35. The Morgan fingerprint density at radius 3 is 2.64 bits per heavy atom. The minimum absolute atomic E-state index is 0.203. The fourth-order valence-electron chi connectivity index (χ4n) is 3.38. The lowest BCUT2D eigenvalue weighted by molar-refractivity contribution is 0.0686. The van der Waals surface area contributed by atoms with E-state index in [0.29, 0.717) is 19.8 Å². The van der Waals surface area contributed by atoms with Crippen molar-refractivity contribution in [3.63, 3.8) is 0 Å². The number of aromatic carboxylic acids is 1. The van der Waals surface area contributed by atoms with Crippen LogP contribution >= 0.6 is 0 Å². The molecule has 6 nitrogen and oxygen atoms in total. The minimum atomic E-state index is -0.958. The van der Waals surface area contributed by atoms with E-state index in [9.17, 15) is 9.90 Å². The highest BCUT2D eigenvalue weighted by Gasteiger charge is 2.20. The third kappa shape index (κ3) is 4.17. The number of carbonyl (C=O) groups is 1. The van der Waals surface area contributed by atoms with Gasteiger partial charge in [-0.2, -0.15) is 0 Å². The highest BCUT2D eigenvalue weighted by atomic mass is 16.5. The highest BCUT2D eigenvalue weighted by Crippen LogP contribution is 2.33. The molecule has 2 heterocycles. The zero-order valence-electron chi connectivity index (χ0n) is 16.7. The second kappa shape index (κ2) is 8.44. The van der Waals surface area contributed by atoms with Gasteiger partial charge in [-0.25, -0.2) is 4.79 Å². The quantitative estimate of drug-likeness (QED) is 0.590. The summed E-state index contributed by atoms with van der Waals surface area (Å²) in [5.41, 5.74) is 3.94. The van der Waals surface area contributed by atoms with E-state index in [2.05, 4.69) is 18.8 Å². The van der Waals surface area contributed by atoms with Crippen molar-refractivity contribution >= 4 is 16.9 Å². The number of aromatic nitrogens is 2. The van der Waals surface area contributed by atoms with Crippen LogP contribution in [0.1, 0.15) is 47.2 Å². The Bertz CT molecular complexity index is 992. The predicted molar refractivity (Wildman–Crippen MR) is 108 cm³/mol. The molecule has 3 aromatic rings. The van der Waals surface area contributed by atoms with Crippen molar-refractivity contribution in [2.24, 2.45) is 0 Å². The molecule has 6 heteroatoms. The predicted octanol–water partition coefficient (Wildman–Crippen LogP) is 4.24. The molecular formula is C22H26N2O4. The van der Waals surface area contributed by atoms with Crippen LogP contribution in [0.15, 0.2) is 36.4 Å². The minimum Gasteiger partial charge on any atom is -0.491 e. The number of carboxylic acid groups (broad SMARTS) is 1. The van der Waals surface area contributed by atoms with Gasteiger partial charge in [0, 0.05) is 18.2 Å². The Morgan fingerprint density at radius 1 is 1.21 bits per heavy atom. The fraction of sp³-hybridized carbons (Fsp3) is 0.364. The van der Waals surface area contributed by atoms with Crippen LogP contribution in [0.25, 0.3) is 10.9 Å². The number of hydrogen-bond donors (Lipinski definition) is 1. The number of rotatable bonds is 8. The lowest BCUT2D eigenvalue weighted by Crippen LogP contribution is -2.12. The van der Waals surface area contributed by atoms with Crippen molar-refractivity contribution < 1.29 is 19.4 Å². The summed E-state index contributed by atoms with van der Waals surface area (Å²) in [7, 11) is 1.63. The average Bonchev–Trinajstić information content (AvgIpc) is 3.00. The Hall–Kier alpha value is -2.86. The van der Waals surface area contributed by atoms with Crippen LogP contribution in [0.4, 0.5) is 0 Å². The molecule has 2 aromatic heterocycles. The molecule has 1 N–H and O–H groups in total. The monoisotopic (exact) mass is 382 g/mol. The number of nitrogens with zero attached hydrogens (tertiary/aromatic N) is 2. The third-order valence-corrected chi connectivity index (χ3v) is 4.66. The van der Waals surface area contributed by atoms with Gasteiger partial charge in [0.15, 0.2) is 0 Å². The van der Waals surface area contributed by atoms with Crippen LogP contribution in [-0.4, -0.2) is 41.0 Å². The Labute approximate surface area is 164 Å². The number of aryl methyl sites for hydroxylation is 1. The van der Waals surface area contributed by atoms with Crippen molar-refractivity contribution in [2.45, 2.75) is 33.2 Å². The molecule has 0 spiro atoms. The SMILES string of the molecule is COCCOc1cc(C(C)C)c2c(c1)cc(C(=O)O)n2Cc1cccc(C)n1. The van der Waals surface area contributed by atoms with E-state index in [1.54, 1.807) is 13.2 Å². The first-order valence-corrected chi connectivity index (χ1v) is 9.35. The first kappa shape index (κ1) is 19.9. The maximum atomic E-state index is 11.9. The molecule has 0 saturated heterocycles. The molecule has 0 unspecified atom stereocenters. The molecule has 1 aromatic carbocycles. The van der Waals surface area contributed by atoms with Gasteiger partial charge in [-0.05, 0) is 48.7 Å². The fourth-order valence-corrected chi connectivity index (χ4v) is 3.38. The number of fused-ring (bicyclic) bond motifs is 1. The van der Waals surface area contributed by atoms with Gasteiger partial charge in [-0.15, -0.1) is 0 Å². The zero-order valence-corrected chi connectivity index (χ0v) is 16.7. The molecule has 0 fully saturated rings. The zero-order chi connectivity index (χ0) is 20.3. The average molecular weight is 382 g/mol. The lowest BCUT2D eigenvalue weighted by atomic mass is 10.00.